The number of aryl methyl sites for hydroxylation is 1. The van der Waals surface area contributed by atoms with E-state index in [-0.39, 0.29) is 22.0 Å². The number of hydrogen-bond acceptors (Lipinski definition) is 5. The summed E-state index contributed by atoms with van der Waals surface area (Å²) in [4.78, 5) is 10.8. The molecule has 0 aliphatic carbocycles. The third kappa shape index (κ3) is 3.22. The van der Waals surface area contributed by atoms with E-state index in [0.29, 0.717) is 5.56 Å². The molecule has 21 heavy (non-hydrogen) atoms. The second-order valence-corrected chi connectivity index (χ2v) is 6.41. The Morgan fingerprint density at radius 1 is 1.43 bits per heavy atom. The van der Waals surface area contributed by atoms with Gasteiger partial charge >= 0.3 is 5.97 Å². The quantitative estimate of drug-likeness (QED) is 0.888. The molecule has 0 radical (unpaired) electrons. The standard InChI is InChI=1S/C13H14N2O5S/c1-15-7-9(6-14-15)8-21(18,19)12-5-10(13(16)17)3-4-11(12)20-2/h3-7H,8H2,1-2H3,(H,16,17). The molecule has 0 fully saturated rings. The molecule has 8 heteroatoms. The SMILES string of the molecule is COc1ccc(C(=O)O)cc1S(=O)(=O)Cc1cnn(C)c1. The van der Waals surface area contributed by atoms with Crippen molar-refractivity contribution < 1.29 is 23.1 Å². The average Bonchev–Trinajstić information content (AvgIpc) is 2.82. The number of carboxylic acid groups (broad SMARTS) is 1. The van der Waals surface area contributed by atoms with Crippen LogP contribution in [0.1, 0.15) is 15.9 Å². The molecule has 0 bridgehead atoms. The van der Waals surface area contributed by atoms with E-state index in [4.69, 9.17) is 9.84 Å². The molecule has 112 valence electrons. The van der Waals surface area contributed by atoms with Crippen LogP contribution in [0.5, 0.6) is 5.75 Å². The molecule has 0 spiro atoms. The summed E-state index contributed by atoms with van der Waals surface area (Å²) < 4.78 is 31.4. The van der Waals surface area contributed by atoms with Crippen LogP contribution in [-0.2, 0) is 22.6 Å². The molecular weight excluding hydrogens is 296 g/mol. The molecule has 0 atom stereocenters. The molecule has 0 aliphatic rings. The van der Waals surface area contributed by atoms with Crippen LogP contribution in [0, 0.1) is 0 Å². The van der Waals surface area contributed by atoms with Crippen LogP contribution in [0.3, 0.4) is 0 Å². The zero-order chi connectivity index (χ0) is 15.6. The van der Waals surface area contributed by atoms with Crippen LogP contribution < -0.4 is 4.74 Å². The van der Waals surface area contributed by atoms with Gasteiger partial charge in [0.2, 0.25) is 0 Å². The average molecular weight is 310 g/mol. The van der Waals surface area contributed by atoms with Crippen molar-refractivity contribution in [3.05, 3.63) is 41.7 Å². The molecule has 0 saturated heterocycles. The maximum atomic E-state index is 12.5. The summed E-state index contributed by atoms with van der Waals surface area (Å²) in [5.74, 6) is -1.36. The van der Waals surface area contributed by atoms with Gasteiger partial charge in [0, 0.05) is 18.8 Å². The lowest BCUT2D eigenvalue weighted by Gasteiger charge is -2.09. The molecule has 0 amide bonds. The van der Waals surface area contributed by atoms with Gasteiger partial charge in [0.15, 0.2) is 9.84 Å². The first-order valence-electron chi connectivity index (χ1n) is 5.95. The van der Waals surface area contributed by atoms with Gasteiger partial charge in [-0.15, -0.1) is 0 Å². The second kappa shape index (κ2) is 5.57. The minimum atomic E-state index is -3.74. The predicted molar refractivity (Wildman–Crippen MR) is 74.1 cm³/mol. The largest absolute Gasteiger partial charge is 0.495 e. The number of aromatic carboxylic acids is 1. The maximum Gasteiger partial charge on any atom is 0.335 e. The maximum absolute atomic E-state index is 12.5. The Morgan fingerprint density at radius 2 is 2.14 bits per heavy atom. The Labute approximate surface area is 121 Å². The molecule has 1 aromatic heterocycles. The van der Waals surface area contributed by atoms with Gasteiger partial charge in [-0.2, -0.15) is 5.10 Å². The lowest BCUT2D eigenvalue weighted by Crippen LogP contribution is -2.08. The first-order valence-corrected chi connectivity index (χ1v) is 7.60. The molecule has 1 N–H and O–H groups in total. The molecule has 2 rings (SSSR count). The number of aromatic nitrogens is 2. The van der Waals surface area contributed by atoms with Gasteiger partial charge in [-0.3, -0.25) is 4.68 Å². The van der Waals surface area contributed by atoms with Crippen LogP contribution >= 0.6 is 0 Å². The van der Waals surface area contributed by atoms with Gasteiger partial charge in [-0.25, -0.2) is 13.2 Å². The Hall–Kier alpha value is -2.35. The normalized spacial score (nSPS) is 11.3. The molecule has 0 unspecified atom stereocenters. The fourth-order valence-corrected chi connectivity index (χ4v) is 3.40. The summed E-state index contributed by atoms with van der Waals surface area (Å²) in [5, 5.41) is 12.9. The Morgan fingerprint density at radius 3 is 2.67 bits per heavy atom. The highest BCUT2D eigenvalue weighted by Crippen LogP contribution is 2.27. The van der Waals surface area contributed by atoms with E-state index in [9.17, 15) is 13.2 Å². The Balaban J connectivity index is 2.47. The van der Waals surface area contributed by atoms with E-state index in [0.717, 1.165) is 6.07 Å². The zero-order valence-corrected chi connectivity index (χ0v) is 12.3. The van der Waals surface area contributed by atoms with Gasteiger partial charge in [-0.1, -0.05) is 0 Å². The minimum Gasteiger partial charge on any atom is -0.495 e. The van der Waals surface area contributed by atoms with E-state index >= 15 is 0 Å². The van der Waals surface area contributed by atoms with Crippen molar-refractivity contribution in [1.82, 2.24) is 9.78 Å². The fourth-order valence-electron chi connectivity index (χ4n) is 1.90. The highest BCUT2D eigenvalue weighted by atomic mass is 32.2. The third-order valence-corrected chi connectivity index (χ3v) is 4.56. The first kappa shape index (κ1) is 15.0. The number of rotatable bonds is 5. The van der Waals surface area contributed by atoms with Crippen molar-refractivity contribution in [3.8, 4) is 5.75 Å². The number of carboxylic acids is 1. The van der Waals surface area contributed by atoms with Crippen LogP contribution in [0.15, 0.2) is 35.5 Å². The van der Waals surface area contributed by atoms with E-state index in [2.05, 4.69) is 5.10 Å². The summed E-state index contributed by atoms with van der Waals surface area (Å²) in [6.07, 6.45) is 3.04. The van der Waals surface area contributed by atoms with E-state index in [1.54, 1.807) is 13.2 Å². The third-order valence-electron chi connectivity index (χ3n) is 2.86. The van der Waals surface area contributed by atoms with Crippen molar-refractivity contribution >= 4 is 15.8 Å². The number of carbonyl (C=O) groups is 1. The lowest BCUT2D eigenvalue weighted by molar-refractivity contribution is 0.0696. The summed E-state index contributed by atoms with van der Waals surface area (Å²) in [6.45, 7) is 0. The van der Waals surface area contributed by atoms with E-state index in [1.807, 2.05) is 0 Å². The number of benzene rings is 1. The van der Waals surface area contributed by atoms with Gasteiger partial charge in [-0.05, 0) is 18.2 Å². The number of nitrogens with zero attached hydrogens (tertiary/aromatic N) is 2. The Kier molecular flexibility index (Phi) is 3.99. The van der Waals surface area contributed by atoms with Crippen molar-refractivity contribution in [1.29, 1.82) is 0 Å². The summed E-state index contributed by atoms with van der Waals surface area (Å²) in [6, 6.07) is 3.73. The van der Waals surface area contributed by atoms with Gasteiger partial charge in [0.05, 0.1) is 24.6 Å². The molecule has 1 aromatic carbocycles. The molecule has 1 heterocycles. The van der Waals surface area contributed by atoms with Crippen LogP contribution in [0.2, 0.25) is 0 Å². The lowest BCUT2D eigenvalue weighted by atomic mass is 10.2. The van der Waals surface area contributed by atoms with Crippen LogP contribution in [0.4, 0.5) is 0 Å². The monoisotopic (exact) mass is 310 g/mol. The highest BCUT2D eigenvalue weighted by Gasteiger charge is 2.22. The summed E-state index contributed by atoms with van der Waals surface area (Å²) >= 11 is 0. The van der Waals surface area contributed by atoms with Gasteiger partial charge < -0.3 is 9.84 Å². The number of hydrogen-bond donors (Lipinski definition) is 1. The van der Waals surface area contributed by atoms with Crippen molar-refractivity contribution in [2.75, 3.05) is 7.11 Å². The van der Waals surface area contributed by atoms with E-state index in [1.165, 1.54) is 30.1 Å². The predicted octanol–water partition coefficient (Wildman–Crippen LogP) is 1.10. The minimum absolute atomic E-state index is 0.111. The highest BCUT2D eigenvalue weighted by molar-refractivity contribution is 7.90. The number of methoxy groups -OCH3 is 1. The summed E-state index contributed by atoms with van der Waals surface area (Å²) in [5.41, 5.74) is 0.404. The molecule has 0 aliphatic heterocycles. The molecule has 7 nitrogen and oxygen atoms in total. The van der Waals surface area contributed by atoms with Gasteiger partial charge in [0.1, 0.15) is 10.6 Å². The smallest absolute Gasteiger partial charge is 0.335 e. The van der Waals surface area contributed by atoms with Crippen molar-refractivity contribution in [2.45, 2.75) is 10.6 Å². The van der Waals surface area contributed by atoms with Gasteiger partial charge in [0.25, 0.3) is 0 Å². The number of sulfone groups is 1. The zero-order valence-electron chi connectivity index (χ0n) is 11.5. The fraction of sp³-hybridized carbons (Fsp3) is 0.231. The topological polar surface area (TPSA) is 98.5 Å². The van der Waals surface area contributed by atoms with Crippen LogP contribution in [-0.4, -0.2) is 36.4 Å². The molecule has 0 saturated carbocycles. The van der Waals surface area contributed by atoms with Crippen molar-refractivity contribution in [2.24, 2.45) is 7.05 Å². The first-order chi connectivity index (χ1) is 9.83. The van der Waals surface area contributed by atoms with Crippen molar-refractivity contribution in [3.63, 3.8) is 0 Å². The molecular formula is C13H14N2O5S. The molecule has 2 aromatic rings. The van der Waals surface area contributed by atoms with Crippen LogP contribution in [0.25, 0.3) is 0 Å². The van der Waals surface area contributed by atoms with E-state index < -0.39 is 15.8 Å². The summed E-state index contributed by atoms with van der Waals surface area (Å²) in [7, 11) is -0.726. The second-order valence-electron chi connectivity index (χ2n) is 4.45. The number of ether oxygens (including phenoxy) is 1. The Bertz CT molecular complexity index is 780.